The van der Waals surface area contributed by atoms with Crippen LogP contribution < -0.4 is 5.73 Å². The van der Waals surface area contributed by atoms with Crippen LogP contribution in [0.1, 0.15) is 31.4 Å². The molecule has 0 bridgehead atoms. The van der Waals surface area contributed by atoms with Crippen molar-refractivity contribution in [1.82, 2.24) is 0 Å². The number of nitrogens with two attached hydrogens (primary N) is 1. The van der Waals surface area contributed by atoms with Crippen molar-refractivity contribution in [3.63, 3.8) is 0 Å². The van der Waals surface area contributed by atoms with Gasteiger partial charge in [0.1, 0.15) is 11.3 Å². The smallest absolute Gasteiger partial charge is 0.323 e. The van der Waals surface area contributed by atoms with Crippen molar-refractivity contribution >= 4 is 17.7 Å². The van der Waals surface area contributed by atoms with Crippen LogP contribution in [0.2, 0.25) is 0 Å². The molecule has 5 heteroatoms. The van der Waals surface area contributed by atoms with Crippen LogP contribution in [0.15, 0.2) is 21.6 Å². The van der Waals surface area contributed by atoms with Crippen molar-refractivity contribution in [1.29, 1.82) is 0 Å². The molecule has 1 aromatic heterocycles. The summed E-state index contributed by atoms with van der Waals surface area (Å²) in [6.45, 7) is 1.91. The Morgan fingerprint density at radius 1 is 1.71 bits per heavy atom. The third kappa shape index (κ3) is 2.66. The Bertz CT molecular complexity index is 418. The number of hydrogen-bond donors (Lipinski definition) is 2. The summed E-state index contributed by atoms with van der Waals surface area (Å²) < 4.78 is 5.24. The maximum absolute atomic E-state index is 11.1. The molecule has 0 saturated heterocycles. The molecular formula is C12H17NO3S. The van der Waals surface area contributed by atoms with E-state index >= 15 is 0 Å². The van der Waals surface area contributed by atoms with E-state index in [2.05, 4.69) is 0 Å². The first-order valence-electron chi connectivity index (χ1n) is 5.74. The summed E-state index contributed by atoms with van der Waals surface area (Å²) in [5, 5.41) is 9.41. The van der Waals surface area contributed by atoms with E-state index in [0.29, 0.717) is 12.8 Å². The lowest BCUT2D eigenvalue weighted by Gasteiger charge is -2.34. The number of carbonyl (C=O) groups is 1. The van der Waals surface area contributed by atoms with Gasteiger partial charge in [-0.2, -0.15) is 0 Å². The number of hydrogen-bond acceptors (Lipinski definition) is 4. The maximum atomic E-state index is 11.1. The van der Waals surface area contributed by atoms with Gasteiger partial charge in [-0.25, -0.2) is 0 Å². The largest absolute Gasteiger partial charge is 0.480 e. The van der Waals surface area contributed by atoms with Crippen molar-refractivity contribution in [2.24, 2.45) is 5.73 Å². The summed E-state index contributed by atoms with van der Waals surface area (Å²) in [5.74, 6) is 0.00485. The minimum absolute atomic E-state index is 0.265. The fraction of sp³-hybridized carbons (Fsp3) is 0.583. The highest BCUT2D eigenvalue weighted by atomic mass is 32.2. The molecular weight excluding hydrogens is 238 g/mol. The van der Waals surface area contributed by atoms with Gasteiger partial charge in [-0.05, 0) is 38.7 Å². The standard InChI is InChI=1S/C12H17NO3S/c1-8-10(4-6-16-8)17-9-3-2-5-12(13,7-9)11(14)15/h4,6,9H,2-3,5,7,13H2,1H3,(H,14,15). The van der Waals surface area contributed by atoms with Gasteiger partial charge in [-0.3, -0.25) is 4.79 Å². The predicted octanol–water partition coefficient (Wildman–Crippen LogP) is 2.40. The topological polar surface area (TPSA) is 76.5 Å². The number of aliphatic carboxylic acids is 1. The molecule has 2 unspecified atom stereocenters. The summed E-state index contributed by atoms with van der Waals surface area (Å²) >= 11 is 1.68. The fourth-order valence-electron chi connectivity index (χ4n) is 2.23. The molecule has 17 heavy (non-hydrogen) atoms. The van der Waals surface area contributed by atoms with Crippen molar-refractivity contribution in [2.45, 2.75) is 48.3 Å². The number of carboxylic acids is 1. The molecule has 2 rings (SSSR count). The van der Waals surface area contributed by atoms with Crippen LogP contribution >= 0.6 is 11.8 Å². The molecule has 2 atom stereocenters. The molecule has 0 aromatic carbocycles. The van der Waals surface area contributed by atoms with Crippen LogP contribution in [-0.2, 0) is 4.79 Å². The summed E-state index contributed by atoms with van der Waals surface area (Å²) in [6.07, 6.45) is 4.65. The van der Waals surface area contributed by atoms with Gasteiger partial charge in [0.15, 0.2) is 0 Å². The molecule has 0 radical (unpaired) electrons. The highest BCUT2D eigenvalue weighted by Crippen LogP contribution is 2.38. The van der Waals surface area contributed by atoms with Crippen molar-refractivity contribution < 1.29 is 14.3 Å². The zero-order valence-electron chi connectivity index (χ0n) is 9.81. The molecule has 0 amide bonds. The Morgan fingerprint density at radius 2 is 2.47 bits per heavy atom. The highest BCUT2D eigenvalue weighted by Gasteiger charge is 2.39. The number of carboxylic acid groups (broad SMARTS) is 1. The van der Waals surface area contributed by atoms with E-state index in [1.165, 1.54) is 0 Å². The molecule has 94 valence electrons. The van der Waals surface area contributed by atoms with Crippen LogP contribution in [-0.4, -0.2) is 21.9 Å². The van der Waals surface area contributed by atoms with Crippen molar-refractivity contribution in [3.8, 4) is 0 Å². The van der Waals surface area contributed by atoms with E-state index in [1.54, 1.807) is 18.0 Å². The van der Waals surface area contributed by atoms with Gasteiger partial charge in [-0.15, -0.1) is 11.8 Å². The molecule has 3 N–H and O–H groups in total. The van der Waals surface area contributed by atoms with E-state index in [1.807, 2.05) is 13.0 Å². The van der Waals surface area contributed by atoms with E-state index in [-0.39, 0.29) is 5.25 Å². The van der Waals surface area contributed by atoms with Gasteiger partial charge in [0.05, 0.1) is 6.26 Å². The molecule has 1 heterocycles. The van der Waals surface area contributed by atoms with Crippen molar-refractivity contribution in [2.75, 3.05) is 0 Å². The Hall–Kier alpha value is -0.940. The minimum Gasteiger partial charge on any atom is -0.480 e. The van der Waals surface area contributed by atoms with E-state index in [0.717, 1.165) is 23.5 Å². The zero-order valence-corrected chi connectivity index (χ0v) is 10.6. The molecule has 0 spiro atoms. The van der Waals surface area contributed by atoms with Gasteiger partial charge in [0, 0.05) is 10.1 Å². The Morgan fingerprint density at radius 3 is 3.06 bits per heavy atom. The fourth-order valence-corrected chi connectivity index (χ4v) is 3.60. The SMILES string of the molecule is Cc1occc1SC1CCCC(N)(C(=O)O)C1. The molecule has 1 aromatic rings. The Balaban J connectivity index is 2.03. The lowest BCUT2D eigenvalue weighted by Crippen LogP contribution is -2.51. The van der Waals surface area contributed by atoms with E-state index in [9.17, 15) is 4.79 Å². The van der Waals surface area contributed by atoms with Crippen LogP contribution in [0.5, 0.6) is 0 Å². The van der Waals surface area contributed by atoms with Gasteiger partial charge in [0.2, 0.25) is 0 Å². The number of aryl methyl sites for hydroxylation is 1. The first kappa shape index (κ1) is 12.5. The lowest BCUT2D eigenvalue weighted by atomic mass is 9.82. The third-order valence-electron chi connectivity index (χ3n) is 3.27. The molecule has 4 nitrogen and oxygen atoms in total. The quantitative estimate of drug-likeness (QED) is 0.867. The Kier molecular flexibility index (Phi) is 3.49. The second-order valence-corrected chi connectivity index (χ2v) is 5.98. The molecule has 0 aliphatic heterocycles. The molecule has 1 fully saturated rings. The number of furan rings is 1. The summed E-state index contributed by atoms with van der Waals surface area (Å²) in [4.78, 5) is 12.2. The second-order valence-electron chi connectivity index (χ2n) is 4.64. The van der Waals surface area contributed by atoms with E-state index in [4.69, 9.17) is 15.3 Å². The van der Waals surface area contributed by atoms with Gasteiger partial charge >= 0.3 is 5.97 Å². The average molecular weight is 255 g/mol. The van der Waals surface area contributed by atoms with Crippen LogP contribution in [0.3, 0.4) is 0 Å². The second kappa shape index (κ2) is 4.74. The van der Waals surface area contributed by atoms with Gasteiger partial charge < -0.3 is 15.3 Å². The van der Waals surface area contributed by atoms with Crippen LogP contribution in [0.4, 0.5) is 0 Å². The normalized spacial score (nSPS) is 29.2. The van der Waals surface area contributed by atoms with Crippen molar-refractivity contribution in [3.05, 3.63) is 18.1 Å². The van der Waals surface area contributed by atoms with Crippen LogP contribution in [0, 0.1) is 6.92 Å². The number of thioether (sulfide) groups is 1. The third-order valence-corrected chi connectivity index (χ3v) is 4.68. The Labute approximate surface area is 105 Å². The summed E-state index contributed by atoms with van der Waals surface area (Å²) in [5.41, 5.74) is 4.87. The molecule has 1 aliphatic carbocycles. The average Bonchev–Trinajstić information content (AvgIpc) is 2.64. The van der Waals surface area contributed by atoms with E-state index < -0.39 is 11.5 Å². The highest BCUT2D eigenvalue weighted by molar-refractivity contribution is 8.00. The zero-order chi connectivity index (χ0) is 12.5. The predicted molar refractivity (Wildman–Crippen MR) is 66.1 cm³/mol. The monoisotopic (exact) mass is 255 g/mol. The maximum Gasteiger partial charge on any atom is 0.323 e. The minimum atomic E-state index is -1.05. The summed E-state index contributed by atoms with van der Waals surface area (Å²) in [7, 11) is 0. The lowest BCUT2D eigenvalue weighted by molar-refractivity contribution is -0.144. The molecule has 1 saturated carbocycles. The molecule has 1 aliphatic rings. The first-order chi connectivity index (χ1) is 8.01. The van der Waals surface area contributed by atoms with Crippen LogP contribution in [0.25, 0.3) is 0 Å². The number of rotatable bonds is 3. The first-order valence-corrected chi connectivity index (χ1v) is 6.62. The summed E-state index contributed by atoms with van der Waals surface area (Å²) in [6, 6.07) is 1.92. The van der Waals surface area contributed by atoms with Gasteiger partial charge in [-0.1, -0.05) is 0 Å². The van der Waals surface area contributed by atoms with Gasteiger partial charge in [0.25, 0.3) is 0 Å².